The summed E-state index contributed by atoms with van der Waals surface area (Å²) in [6.45, 7) is 4.01. The highest BCUT2D eigenvalue weighted by molar-refractivity contribution is 7.09. The minimum atomic E-state index is 0.0606. The van der Waals surface area contributed by atoms with E-state index in [-0.39, 0.29) is 5.91 Å². The molecule has 0 N–H and O–H groups in total. The van der Waals surface area contributed by atoms with Gasteiger partial charge in [0.15, 0.2) is 0 Å². The van der Waals surface area contributed by atoms with Gasteiger partial charge in [-0.2, -0.15) is 0 Å². The van der Waals surface area contributed by atoms with Crippen molar-refractivity contribution in [1.82, 2.24) is 14.9 Å². The standard InChI is InChI=1S/C22H23N3O2S2/c1-16-24-19(15-29-16)14-27-20-7-4-17(5-8-20)6-9-21(26)25-11-2-3-18(13-25)22-23-10-12-28-22/h4-10,12,15,18H,2-3,11,13-14H2,1H3/b9-6+. The molecule has 2 aromatic heterocycles. The summed E-state index contributed by atoms with van der Waals surface area (Å²) in [6.07, 6.45) is 7.49. The Balaban J connectivity index is 1.30. The van der Waals surface area contributed by atoms with E-state index in [1.165, 1.54) is 0 Å². The number of carbonyl (C=O) groups is 1. The first-order valence-electron chi connectivity index (χ1n) is 9.67. The largest absolute Gasteiger partial charge is 0.487 e. The lowest BCUT2D eigenvalue weighted by Gasteiger charge is -2.31. The van der Waals surface area contributed by atoms with Gasteiger partial charge in [-0.25, -0.2) is 9.97 Å². The Labute approximate surface area is 178 Å². The molecule has 1 aromatic carbocycles. The first-order chi connectivity index (χ1) is 14.2. The monoisotopic (exact) mass is 425 g/mol. The summed E-state index contributed by atoms with van der Waals surface area (Å²) < 4.78 is 5.77. The highest BCUT2D eigenvalue weighted by Crippen LogP contribution is 2.28. The number of aryl methyl sites for hydroxylation is 1. The Hall–Kier alpha value is -2.51. The molecule has 150 valence electrons. The Morgan fingerprint density at radius 2 is 2.17 bits per heavy atom. The van der Waals surface area contributed by atoms with E-state index in [0.29, 0.717) is 12.5 Å². The topological polar surface area (TPSA) is 55.3 Å². The Morgan fingerprint density at radius 1 is 1.31 bits per heavy atom. The number of ether oxygens (including phenoxy) is 1. The number of benzene rings is 1. The molecule has 3 aromatic rings. The maximum Gasteiger partial charge on any atom is 0.246 e. The van der Waals surface area contributed by atoms with Gasteiger partial charge in [0, 0.05) is 42.0 Å². The fourth-order valence-electron chi connectivity index (χ4n) is 3.39. The number of thiazole rings is 2. The fourth-order valence-corrected chi connectivity index (χ4v) is 4.76. The van der Waals surface area contributed by atoms with Crippen LogP contribution in [0.25, 0.3) is 6.08 Å². The van der Waals surface area contributed by atoms with Gasteiger partial charge in [-0.15, -0.1) is 22.7 Å². The zero-order chi connectivity index (χ0) is 20.1. The third-order valence-electron chi connectivity index (χ3n) is 4.89. The van der Waals surface area contributed by atoms with Gasteiger partial charge in [-0.1, -0.05) is 12.1 Å². The highest BCUT2D eigenvalue weighted by atomic mass is 32.1. The number of rotatable bonds is 6. The molecule has 4 rings (SSSR count). The second kappa shape index (κ2) is 9.33. The summed E-state index contributed by atoms with van der Waals surface area (Å²) in [5.41, 5.74) is 1.92. The number of piperidine rings is 1. The predicted octanol–water partition coefficient (Wildman–Crippen LogP) is 4.91. The van der Waals surface area contributed by atoms with Crippen LogP contribution < -0.4 is 4.74 Å². The quantitative estimate of drug-likeness (QED) is 0.527. The first-order valence-corrected chi connectivity index (χ1v) is 11.4. The average molecular weight is 426 g/mol. The molecule has 0 bridgehead atoms. The fraction of sp³-hybridized carbons (Fsp3) is 0.318. The van der Waals surface area contributed by atoms with Crippen molar-refractivity contribution in [3.63, 3.8) is 0 Å². The van der Waals surface area contributed by atoms with E-state index < -0.39 is 0 Å². The van der Waals surface area contributed by atoms with E-state index in [0.717, 1.165) is 53.0 Å². The molecule has 0 spiro atoms. The van der Waals surface area contributed by atoms with Crippen molar-refractivity contribution in [3.8, 4) is 5.75 Å². The molecular formula is C22H23N3O2S2. The van der Waals surface area contributed by atoms with Crippen LogP contribution >= 0.6 is 22.7 Å². The van der Waals surface area contributed by atoms with E-state index in [1.54, 1.807) is 28.7 Å². The van der Waals surface area contributed by atoms with Crippen LogP contribution in [0, 0.1) is 6.92 Å². The van der Waals surface area contributed by atoms with Crippen molar-refractivity contribution < 1.29 is 9.53 Å². The number of carbonyl (C=O) groups excluding carboxylic acids is 1. The molecule has 1 saturated heterocycles. The molecular weight excluding hydrogens is 402 g/mol. The second-order valence-corrected chi connectivity index (χ2v) is 9.03. The molecule has 1 aliphatic heterocycles. The lowest BCUT2D eigenvalue weighted by molar-refractivity contribution is -0.127. The van der Waals surface area contributed by atoms with Crippen LogP contribution in [-0.4, -0.2) is 33.9 Å². The van der Waals surface area contributed by atoms with Crippen LogP contribution in [0.15, 0.2) is 47.3 Å². The van der Waals surface area contributed by atoms with E-state index in [2.05, 4.69) is 9.97 Å². The van der Waals surface area contributed by atoms with Gasteiger partial charge in [-0.05, 0) is 43.5 Å². The number of hydrogen-bond acceptors (Lipinski definition) is 6. The number of nitrogens with zero attached hydrogens (tertiary/aromatic N) is 3. The van der Waals surface area contributed by atoms with Gasteiger partial charge in [-0.3, -0.25) is 4.79 Å². The molecule has 1 aliphatic rings. The van der Waals surface area contributed by atoms with E-state index in [4.69, 9.17) is 4.74 Å². The van der Waals surface area contributed by atoms with Crippen molar-refractivity contribution in [2.45, 2.75) is 32.3 Å². The van der Waals surface area contributed by atoms with Crippen molar-refractivity contribution in [3.05, 3.63) is 68.6 Å². The predicted molar refractivity (Wildman–Crippen MR) is 117 cm³/mol. The first kappa shape index (κ1) is 19.8. The third-order valence-corrected chi connectivity index (χ3v) is 6.65. The van der Waals surface area contributed by atoms with Gasteiger partial charge in [0.25, 0.3) is 0 Å². The zero-order valence-corrected chi connectivity index (χ0v) is 17.9. The minimum Gasteiger partial charge on any atom is -0.487 e. The Morgan fingerprint density at radius 3 is 2.90 bits per heavy atom. The minimum absolute atomic E-state index is 0.0606. The summed E-state index contributed by atoms with van der Waals surface area (Å²) in [5, 5.41) is 6.19. The molecule has 3 heterocycles. The van der Waals surface area contributed by atoms with Gasteiger partial charge in [0.2, 0.25) is 5.91 Å². The van der Waals surface area contributed by atoms with Crippen LogP contribution in [0.2, 0.25) is 0 Å². The Kier molecular flexibility index (Phi) is 6.36. The van der Waals surface area contributed by atoms with Gasteiger partial charge in [0.1, 0.15) is 12.4 Å². The summed E-state index contributed by atoms with van der Waals surface area (Å²) in [4.78, 5) is 23.3. The van der Waals surface area contributed by atoms with Crippen LogP contribution in [0.1, 0.15) is 40.0 Å². The van der Waals surface area contributed by atoms with Gasteiger partial charge < -0.3 is 9.64 Å². The maximum atomic E-state index is 12.6. The molecule has 0 radical (unpaired) electrons. The highest BCUT2D eigenvalue weighted by Gasteiger charge is 2.25. The average Bonchev–Trinajstić information content (AvgIpc) is 3.43. The summed E-state index contributed by atoms with van der Waals surface area (Å²) in [7, 11) is 0. The lowest BCUT2D eigenvalue weighted by Crippen LogP contribution is -2.38. The molecule has 29 heavy (non-hydrogen) atoms. The van der Waals surface area contributed by atoms with E-state index in [1.807, 2.05) is 59.1 Å². The zero-order valence-electron chi connectivity index (χ0n) is 16.3. The van der Waals surface area contributed by atoms with Crippen molar-refractivity contribution in [1.29, 1.82) is 0 Å². The summed E-state index contributed by atoms with van der Waals surface area (Å²) >= 11 is 3.30. The molecule has 5 nitrogen and oxygen atoms in total. The SMILES string of the molecule is Cc1nc(COc2ccc(/C=C/C(=O)N3CCCC(c4nccs4)C3)cc2)cs1. The molecule has 1 unspecified atom stereocenters. The molecule has 1 fully saturated rings. The maximum absolute atomic E-state index is 12.6. The van der Waals surface area contributed by atoms with Crippen molar-refractivity contribution in [2.75, 3.05) is 13.1 Å². The molecule has 1 amide bonds. The van der Waals surface area contributed by atoms with Crippen LogP contribution in [0.4, 0.5) is 0 Å². The second-order valence-electron chi connectivity index (χ2n) is 7.04. The number of likely N-dealkylation sites (tertiary alicyclic amines) is 1. The lowest BCUT2D eigenvalue weighted by atomic mass is 9.98. The van der Waals surface area contributed by atoms with E-state index >= 15 is 0 Å². The summed E-state index contributed by atoms with van der Waals surface area (Å²) in [5.74, 6) is 1.21. The third kappa shape index (κ3) is 5.31. The molecule has 0 aliphatic carbocycles. The van der Waals surface area contributed by atoms with Gasteiger partial charge >= 0.3 is 0 Å². The molecule has 7 heteroatoms. The van der Waals surface area contributed by atoms with Gasteiger partial charge in [0.05, 0.1) is 15.7 Å². The van der Waals surface area contributed by atoms with Crippen LogP contribution in [-0.2, 0) is 11.4 Å². The number of aromatic nitrogens is 2. The van der Waals surface area contributed by atoms with Crippen molar-refractivity contribution >= 4 is 34.7 Å². The summed E-state index contributed by atoms with van der Waals surface area (Å²) in [6, 6.07) is 7.76. The van der Waals surface area contributed by atoms with Crippen LogP contribution in [0.3, 0.4) is 0 Å². The van der Waals surface area contributed by atoms with Crippen molar-refractivity contribution in [2.24, 2.45) is 0 Å². The molecule has 1 atom stereocenters. The number of amides is 1. The van der Waals surface area contributed by atoms with E-state index in [9.17, 15) is 4.79 Å². The van der Waals surface area contributed by atoms with Crippen LogP contribution in [0.5, 0.6) is 5.75 Å². The molecule has 0 saturated carbocycles. The Bertz CT molecular complexity index is 964. The number of hydrogen-bond donors (Lipinski definition) is 0. The normalized spacial score (nSPS) is 17.0. The smallest absolute Gasteiger partial charge is 0.246 e.